The van der Waals surface area contributed by atoms with Gasteiger partial charge in [-0.05, 0) is 70.7 Å². The summed E-state index contributed by atoms with van der Waals surface area (Å²) in [6.07, 6.45) is 3.51. The van der Waals surface area contributed by atoms with Crippen molar-refractivity contribution in [1.82, 2.24) is 0 Å². The van der Waals surface area contributed by atoms with Gasteiger partial charge in [0.05, 0.1) is 0 Å². The van der Waals surface area contributed by atoms with Gasteiger partial charge in [-0.15, -0.1) is 0 Å². The molecule has 0 fully saturated rings. The molecule has 1 atom stereocenters. The molecule has 0 N–H and O–H groups in total. The maximum absolute atomic E-state index is 2.46. The molecule has 124 valence electrons. The number of aryl methyl sites for hydroxylation is 2. The molecule has 0 nitrogen and oxygen atoms in total. The van der Waals surface area contributed by atoms with E-state index in [-0.39, 0.29) is 5.41 Å². The third kappa shape index (κ3) is 1.88. The van der Waals surface area contributed by atoms with Gasteiger partial charge in [0.25, 0.3) is 0 Å². The predicted octanol–water partition coefficient (Wildman–Crippen LogP) is 6.46. The molecule has 0 bridgehead atoms. The van der Waals surface area contributed by atoms with Crippen molar-refractivity contribution in [3.63, 3.8) is 0 Å². The fourth-order valence-corrected chi connectivity index (χ4v) is 5.22. The van der Waals surface area contributed by atoms with Gasteiger partial charge in [-0.25, -0.2) is 0 Å². The summed E-state index contributed by atoms with van der Waals surface area (Å²) in [5, 5.41) is 0. The van der Waals surface area contributed by atoms with Crippen LogP contribution in [0, 0.1) is 6.92 Å². The lowest BCUT2D eigenvalue weighted by Crippen LogP contribution is -2.16. The minimum absolute atomic E-state index is 0.198. The van der Waals surface area contributed by atoms with E-state index in [0.717, 1.165) is 6.42 Å². The first kappa shape index (κ1) is 15.0. The topological polar surface area (TPSA) is 0 Å². The summed E-state index contributed by atoms with van der Waals surface area (Å²) in [5.74, 6) is 0. The van der Waals surface area contributed by atoms with Crippen LogP contribution in [-0.2, 0) is 18.3 Å². The van der Waals surface area contributed by atoms with E-state index in [1.165, 1.54) is 46.2 Å². The van der Waals surface area contributed by atoms with Crippen LogP contribution >= 0.6 is 0 Å². The molecular weight excluding hydrogens is 300 g/mol. The number of hydrogen-bond donors (Lipinski definition) is 0. The Balaban J connectivity index is 1.80. The summed E-state index contributed by atoms with van der Waals surface area (Å²) in [6.45, 7) is 6.93. The number of hydrogen-bond acceptors (Lipinski definition) is 0. The molecule has 0 amide bonds. The van der Waals surface area contributed by atoms with Crippen LogP contribution in [0.3, 0.4) is 0 Å². The molecule has 0 radical (unpaired) electrons. The predicted molar refractivity (Wildman–Crippen MR) is 106 cm³/mol. The maximum atomic E-state index is 2.46. The summed E-state index contributed by atoms with van der Waals surface area (Å²) in [4.78, 5) is 0. The Kier molecular flexibility index (Phi) is 3.04. The van der Waals surface area contributed by atoms with Gasteiger partial charge in [0.2, 0.25) is 0 Å². The van der Waals surface area contributed by atoms with Crippen molar-refractivity contribution in [2.45, 2.75) is 45.4 Å². The van der Waals surface area contributed by atoms with Crippen LogP contribution < -0.4 is 0 Å². The van der Waals surface area contributed by atoms with Crippen molar-refractivity contribution in [2.24, 2.45) is 0 Å². The molecule has 0 saturated carbocycles. The highest BCUT2D eigenvalue weighted by atomic mass is 14.5. The van der Waals surface area contributed by atoms with Gasteiger partial charge in [0.1, 0.15) is 0 Å². The van der Waals surface area contributed by atoms with Crippen molar-refractivity contribution in [1.29, 1.82) is 0 Å². The zero-order valence-electron chi connectivity index (χ0n) is 15.3. The first-order chi connectivity index (χ1) is 12.1. The van der Waals surface area contributed by atoms with Crippen molar-refractivity contribution in [3.8, 4) is 22.3 Å². The minimum Gasteiger partial charge on any atom is -0.0620 e. The number of fused-ring (bicyclic) bond motifs is 3. The molecule has 3 aromatic carbocycles. The highest BCUT2D eigenvalue weighted by molar-refractivity contribution is 5.88. The average Bonchev–Trinajstić information content (AvgIpc) is 3.11. The summed E-state index contributed by atoms with van der Waals surface area (Å²) in [6, 6.07) is 20.7. The standard InChI is InChI=1S/C25H24/c1-4-17-7-5-6-8-18(17)19-11-12-21-20-10-9-16(2)15-23(20)25(3)14-13-22(19)24(21)25/h5-12,15H,4,13-14H2,1-3H3. The van der Waals surface area contributed by atoms with E-state index < -0.39 is 0 Å². The minimum atomic E-state index is 0.198. The van der Waals surface area contributed by atoms with Gasteiger partial charge in [-0.3, -0.25) is 0 Å². The van der Waals surface area contributed by atoms with Crippen LogP contribution in [0.25, 0.3) is 22.3 Å². The lowest BCUT2D eigenvalue weighted by atomic mass is 9.80. The zero-order chi connectivity index (χ0) is 17.2. The van der Waals surface area contributed by atoms with Gasteiger partial charge in [-0.1, -0.05) is 74.0 Å². The highest BCUT2D eigenvalue weighted by Gasteiger charge is 2.45. The maximum Gasteiger partial charge on any atom is 0.0193 e. The van der Waals surface area contributed by atoms with Gasteiger partial charge < -0.3 is 0 Å². The molecule has 0 aromatic heterocycles. The molecule has 3 aromatic rings. The fraction of sp³-hybridized carbons (Fsp3) is 0.280. The Morgan fingerprint density at radius 2 is 1.64 bits per heavy atom. The second-order valence-corrected chi connectivity index (χ2v) is 7.91. The molecule has 0 heteroatoms. The molecule has 1 unspecified atom stereocenters. The Morgan fingerprint density at radius 1 is 0.880 bits per heavy atom. The highest BCUT2D eigenvalue weighted by Crippen LogP contribution is 2.58. The van der Waals surface area contributed by atoms with Crippen LogP contribution in [0.4, 0.5) is 0 Å². The fourth-order valence-electron chi connectivity index (χ4n) is 5.22. The van der Waals surface area contributed by atoms with Gasteiger partial charge in [-0.2, -0.15) is 0 Å². The van der Waals surface area contributed by atoms with Gasteiger partial charge in [0, 0.05) is 5.41 Å². The van der Waals surface area contributed by atoms with E-state index >= 15 is 0 Å². The van der Waals surface area contributed by atoms with Gasteiger partial charge in [0.15, 0.2) is 0 Å². The third-order valence-corrected chi connectivity index (χ3v) is 6.49. The van der Waals surface area contributed by atoms with E-state index in [1.54, 1.807) is 16.7 Å². The average molecular weight is 324 g/mol. The molecule has 5 rings (SSSR count). The summed E-state index contributed by atoms with van der Waals surface area (Å²) in [7, 11) is 0. The van der Waals surface area contributed by atoms with Crippen molar-refractivity contribution < 1.29 is 0 Å². The molecule has 0 saturated heterocycles. The summed E-state index contributed by atoms with van der Waals surface area (Å²) in [5.41, 5.74) is 13.6. The van der Waals surface area contributed by atoms with Gasteiger partial charge >= 0.3 is 0 Å². The molecule has 0 heterocycles. The summed E-state index contributed by atoms with van der Waals surface area (Å²) >= 11 is 0. The lowest BCUT2D eigenvalue weighted by Gasteiger charge is -2.22. The summed E-state index contributed by atoms with van der Waals surface area (Å²) < 4.78 is 0. The Hall–Kier alpha value is -2.34. The second-order valence-electron chi connectivity index (χ2n) is 7.91. The van der Waals surface area contributed by atoms with Crippen molar-refractivity contribution in [2.75, 3.05) is 0 Å². The molecule has 25 heavy (non-hydrogen) atoms. The van der Waals surface area contributed by atoms with Crippen molar-refractivity contribution >= 4 is 0 Å². The Bertz CT molecular complexity index is 1010. The van der Waals surface area contributed by atoms with Crippen LogP contribution in [0.1, 0.15) is 48.1 Å². The van der Waals surface area contributed by atoms with Crippen LogP contribution in [0.15, 0.2) is 54.6 Å². The number of benzene rings is 3. The molecule has 2 aliphatic rings. The normalized spacial score (nSPS) is 19.8. The second kappa shape index (κ2) is 5.08. The largest absolute Gasteiger partial charge is 0.0620 e. The third-order valence-electron chi connectivity index (χ3n) is 6.49. The Labute approximate surface area is 150 Å². The van der Waals surface area contributed by atoms with E-state index in [4.69, 9.17) is 0 Å². The quantitative estimate of drug-likeness (QED) is 0.507. The lowest BCUT2D eigenvalue weighted by molar-refractivity contribution is 0.579. The van der Waals surface area contributed by atoms with Crippen LogP contribution in [-0.4, -0.2) is 0 Å². The zero-order valence-corrected chi connectivity index (χ0v) is 15.3. The van der Waals surface area contributed by atoms with E-state index in [2.05, 4.69) is 75.4 Å². The smallest absolute Gasteiger partial charge is 0.0193 e. The first-order valence-electron chi connectivity index (χ1n) is 9.49. The van der Waals surface area contributed by atoms with E-state index in [1.807, 2.05) is 0 Å². The number of rotatable bonds is 2. The molecular formula is C25H24. The molecule has 2 aliphatic carbocycles. The van der Waals surface area contributed by atoms with E-state index in [0.29, 0.717) is 0 Å². The van der Waals surface area contributed by atoms with Crippen LogP contribution in [0.2, 0.25) is 0 Å². The van der Waals surface area contributed by atoms with E-state index in [9.17, 15) is 0 Å². The first-order valence-corrected chi connectivity index (χ1v) is 9.49. The van der Waals surface area contributed by atoms with Crippen LogP contribution in [0.5, 0.6) is 0 Å². The SMILES string of the molecule is CCc1ccccc1-c1ccc2c3c1CCC3(C)c1cc(C)ccc1-2. The molecule has 0 aliphatic heterocycles. The molecule has 0 spiro atoms. The van der Waals surface area contributed by atoms with Crippen molar-refractivity contribution in [3.05, 3.63) is 82.4 Å². The monoisotopic (exact) mass is 324 g/mol. The Morgan fingerprint density at radius 3 is 2.48 bits per heavy atom.